The van der Waals surface area contributed by atoms with Crippen molar-refractivity contribution in [2.24, 2.45) is 5.41 Å². The molecule has 0 aliphatic heterocycles. The van der Waals surface area contributed by atoms with Gasteiger partial charge in [0, 0.05) is 11.5 Å². The second-order valence-corrected chi connectivity index (χ2v) is 3.08. The molecule has 0 aliphatic carbocycles. The van der Waals surface area contributed by atoms with Crippen molar-refractivity contribution in [2.75, 3.05) is 0 Å². The second-order valence-electron chi connectivity index (χ2n) is 3.08. The maximum atomic E-state index is 11.0. The summed E-state index contributed by atoms with van der Waals surface area (Å²) in [6.45, 7) is 5.45. The van der Waals surface area contributed by atoms with Crippen LogP contribution in [0.2, 0.25) is 0 Å². The van der Waals surface area contributed by atoms with E-state index < -0.39 is 0 Å². The molecule has 0 atom stereocenters. The van der Waals surface area contributed by atoms with Crippen LogP contribution in [-0.2, 0) is 4.79 Å². The molecule has 0 spiro atoms. The summed E-state index contributed by atoms with van der Waals surface area (Å²) < 4.78 is 0. The smallest absolute Gasteiger partial charge is 0.161 e. The van der Waals surface area contributed by atoms with E-state index >= 15 is 0 Å². The third-order valence-corrected chi connectivity index (χ3v) is 1.05. The van der Waals surface area contributed by atoms with Crippen molar-refractivity contribution in [3.63, 3.8) is 0 Å². The van der Waals surface area contributed by atoms with E-state index in [1.807, 2.05) is 20.8 Å². The highest BCUT2D eigenvalue weighted by Crippen LogP contribution is 2.14. The van der Waals surface area contributed by atoms with Crippen molar-refractivity contribution >= 4 is 5.78 Å². The predicted molar refractivity (Wildman–Crippen MR) is 39.2 cm³/mol. The van der Waals surface area contributed by atoms with Gasteiger partial charge in [-0.15, -0.1) is 0 Å². The number of ketones is 1. The van der Waals surface area contributed by atoms with Crippen LogP contribution in [0.4, 0.5) is 0 Å². The Hall–Kier alpha value is -1.10. The Morgan fingerprint density at radius 1 is 1.50 bits per heavy atom. The molecule has 2 heteroatoms. The van der Waals surface area contributed by atoms with Gasteiger partial charge in [0.25, 0.3) is 0 Å². The fourth-order valence-corrected chi connectivity index (χ4v) is 0.363. The molecule has 0 fully saturated rings. The highest BCUT2D eigenvalue weighted by molar-refractivity contribution is 5.94. The lowest BCUT2D eigenvalue weighted by atomic mass is 9.91. The first-order valence-corrected chi connectivity index (χ1v) is 3.09. The van der Waals surface area contributed by atoms with Crippen LogP contribution < -0.4 is 0 Å². The number of carbonyl (C=O) groups is 1. The molecule has 0 unspecified atom stereocenters. The number of hydrogen-bond acceptors (Lipinski definition) is 2. The molecule has 2 nitrogen and oxygen atoms in total. The lowest BCUT2D eigenvalue weighted by Gasteiger charge is -2.12. The van der Waals surface area contributed by atoms with Gasteiger partial charge in [-0.25, -0.2) is 0 Å². The van der Waals surface area contributed by atoms with E-state index in [-0.39, 0.29) is 11.2 Å². The molecular formula is C8H11NO. The molecule has 0 radical (unpaired) electrons. The van der Waals surface area contributed by atoms with Crippen molar-refractivity contribution in [3.8, 4) is 6.07 Å². The standard InChI is InChI=1S/C8H11NO/c1-8(2,3)7(10)5-4-6-9/h4-5H,1-3H3/b5-4-. The maximum absolute atomic E-state index is 11.0. The Morgan fingerprint density at radius 2 is 2.00 bits per heavy atom. The minimum atomic E-state index is -0.368. The number of nitrogens with zero attached hydrogens (tertiary/aromatic N) is 1. The van der Waals surface area contributed by atoms with Gasteiger partial charge < -0.3 is 0 Å². The van der Waals surface area contributed by atoms with Gasteiger partial charge in [-0.05, 0) is 6.08 Å². The Kier molecular flexibility index (Phi) is 2.82. The monoisotopic (exact) mass is 137 g/mol. The third kappa shape index (κ3) is 3.03. The number of nitriles is 1. The zero-order valence-electron chi connectivity index (χ0n) is 6.51. The highest BCUT2D eigenvalue weighted by atomic mass is 16.1. The topological polar surface area (TPSA) is 40.9 Å². The second kappa shape index (κ2) is 3.17. The zero-order chi connectivity index (χ0) is 8.20. The van der Waals surface area contributed by atoms with Crippen LogP contribution in [-0.4, -0.2) is 5.78 Å². The number of rotatable bonds is 1. The SMILES string of the molecule is CC(C)(C)C(=O)/C=C\C#N. The highest BCUT2D eigenvalue weighted by Gasteiger charge is 2.17. The lowest BCUT2D eigenvalue weighted by molar-refractivity contribution is -0.121. The maximum Gasteiger partial charge on any atom is 0.161 e. The van der Waals surface area contributed by atoms with Crippen molar-refractivity contribution < 1.29 is 4.79 Å². The van der Waals surface area contributed by atoms with Gasteiger partial charge in [-0.2, -0.15) is 5.26 Å². The molecule has 0 bridgehead atoms. The first kappa shape index (κ1) is 8.90. The summed E-state index contributed by atoms with van der Waals surface area (Å²) in [6, 6.07) is 1.77. The molecule has 0 aliphatic rings. The molecule has 0 saturated heterocycles. The van der Waals surface area contributed by atoms with Gasteiger partial charge >= 0.3 is 0 Å². The zero-order valence-corrected chi connectivity index (χ0v) is 6.51. The molecule has 0 aromatic rings. The van der Waals surface area contributed by atoms with Crippen molar-refractivity contribution in [3.05, 3.63) is 12.2 Å². The van der Waals surface area contributed by atoms with Gasteiger partial charge in [0.2, 0.25) is 0 Å². The van der Waals surface area contributed by atoms with E-state index in [9.17, 15) is 4.79 Å². The first-order valence-electron chi connectivity index (χ1n) is 3.09. The number of carbonyl (C=O) groups excluding carboxylic acids is 1. The average molecular weight is 137 g/mol. The molecule has 0 saturated carbocycles. The summed E-state index contributed by atoms with van der Waals surface area (Å²) in [6.07, 6.45) is 2.51. The van der Waals surface area contributed by atoms with Crippen LogP contribution in [0.3, 0.4) is 0 Å². The summed E-state index contributed by atoms with van der Waals surface area (Å²) >= 11 is 0. The third-order valence-electron chi connectivity index (χ3n) is 1.05. The number of allylic oxidation sites excluding steroid dienone is 2. The summed E-state index contributed by atoms with van der Waals surface area (Å²) in [7, 11) is 0. The largest absolute Gasteiger partial charge is 0.294 e. The Labute approximate surface area is 61.2 Å². The molecule has 0 aromatic carbocycles. The molecule has 10 heavy (non-hydrogen) atoms. The van der Waals surface area contributed by atoms with E-state index in [1.54, 1.807) is 6.07 Å². The molecule has 54 valence electrons. The van der Waals surface area contributed by atoms with Crippen LogP contribution in [0, 0.1) is 16.7 Å². The van der Waals surface area contributed by atoms with E-state index in [0.717, 1.165) is 0 Å². The van der Waals surface area contributed by atoms with Crippen LogP contribution in [0.1, 0.15) is 20.8 Å². The summed E-state index contributed by atoms with van der Waals surface area (Å²) in [5.74, 6) is -0.0194. The van der Waals surface area contributed by atoms with Gasteiger partial charge in [0.05, 0.1) is 6.07 Å². The van der Waals surface area contributed by atoms with Crippen LogP contribution in [0.15, 0.2) is 12.2 Å². The summed E-state index contributed by atoms with van der Waals surface area (Å²) in [4.78, 5) is 11.0. The fraction of sp³-hybridized carbons (Fsp3) is 0.500. The Bertz CT molecular complexity index is 190. The molecule has 0 heterocycles. The van der Waals surface area contributed by atoms with E-state index in [1.165, 1.54) is 12.2 Å². The van der Waals surface area contributed by atoms with Crippen molar-refractivity contribution in [1.29, 1.82) is 5.26 Å². The molecule has 0 aromatic heterocycles. The molecule has 0 N–H and O–H groups in total. The minimum Gasteiger partial charge on any atom is -0.294 e. The van der Waals surface area contributed by atoms with Gasteiger partial charge in [-0.3, -0.25) is 4.79 Å². The van der Waals surface area contributed by atoms with E-state index in [0.29, 0.717) is 0 Å². The fourth-order valence-electron chi connectivity index (χ4n) is 0.363. The van der Waals surface area contributed by atoms with E-state index in [2.05, 4.69) is 0 Å². The summed E-state index contributed by atoms with van der Waals surface area (Å²) in [5, 5.41) is 8.09. The first-order chi connectivity index (χ1) is 4.48. The van der Waals surface area contributed by atoms with Gasteiger partial charge in [0.1, 0.15) is 0 Å². The summed E-state index contributed by atoms with van der Waals surface area (Å²) in [5.41, 5.74) is -0.368. The van der Waals surface area contributed by atoms with Crippen molar-refractivity contribution in [2.45, 2.75) is 20.8 Å². The predicted octanol–water partition coefficient (Wildman–Crippen LogP) is 1.68. The minimum absolute atomic E-state index is 0.0194. The molecule has 0 rings (SSSR count). The average Bonchev–Trinajstić information content (AvgIpc) is 1.80. The van der Waals surface area contributed by atoms with Crippen LogP contribution >= 0.6 is 0 Å². The van der Waals surface area contributed by atoms with Gasteiger partial charge in [-0.1, -0.05) is 20.8 Å². The van der Waals surface area contributed by atoms with Crippen LogP contribution in [0.5, 0.6) is 0 Å². The lowest BCUT2D eigenvalue weighted by Crippen LogP contribution is -2.17. The van der Waals surface area contributed by atoms with Gasteiger partial charge in [0.15, 0.2) is 5.78 Å². The Balaban J connectivity index is 4.15. The van der Waals surface area contributed by atoms with E-state index in [4.69, 9.17) is 5.26 Å². The number of hydrogen-bond donors (Lipinski definition) is 0. The molecule has 0 amide bonds. The van der Waals surface area contributed by atoms with Crippen LogP contribution in [0.25, 0.3) is 0 Å². The van der Waals surface area contributed by atoms with Crippen molar-refractivity contribution in [1.82, 2.24) is 0 Å². The Morgan fingerprint density at radius 3 is 2.30 bits per heavy atom. The normalized spacial score (nSPS) is 11.4. The quantitative estimate of drug-likeness (QED) is 0.407. The molecular weight excluding hydrogens is 126 g/mol.